The number of hydrogen-bond donors (Lipinski definition) is 2. The Morgan fingerprint density at radius 2 is 2.26 bits per heavy atom. The maximum absolute atomic E-state index is 13.2. The molecule has 3 nitrogen and oxygen atoms in total. The predicted molar refractivity (Wildman–Crippen MR) is 75.2 cm³/mol. The summed E-state index contributed by atoms with van der Waals surface area (Å²) in [6.07, 6.45) is 0.518. The second-order valence-corrected chi connectivity index (χ2v) is 5.64. The normalized spacial score (nSPS) is 12.6. The Kier molecular flexibility index (Phi) is 4.17. The quantitative estimate of drug-likeness (QED) is 0.905. The molecule has 102 valence electrons. The number of fused-ring (bicyclic) bond motifs is 1. The van der Waals surface area contributed by atoms with Crippen molar-refractivity contribution in [2.24, 2.45) is 0 Å². The minimum Gasteiger partial charge on any atom is -0.396 e. The standard InChI is InChI=1S/C14H16FNO2S/c1-8(5-6-17)16-14(18)13-9(2)11-7-10(15)3-4-12(11)19-13/h3-4,7-8,17H,5-6H2,1-2H3,(H,16,18). The fourth-order valence-corrected chi connectivity index (χ4v) is 3.06. The van der Waals surface area contributed by atoms with Crippen LogP contribution in [-0.4, -0.2) is 23.7 Å². The Labute approximate surface area is 115 Å². The van der Waals surface area contributed by atoms with Crippen molar-refractivity contribution in [3.05, 3.63) is 34.5 Å². The summed E-state index contributed by atoms with van der Waals surface area (Å²) in [4.78, 5) is 12.7. The summed E-state index contributed by atoms with van der Waals surface area (Å²) in [5.74, 6) is -0.464. The molecule has 0 spiro atoms. The Balaban J connectivity index is 2.30. The highest BCUT2D eigenvalue weighted by molar-refractivity contribution is 7.21. The number of aliphatic hydroxyl groups is 1. The third-order valence-corrected chi connectivity index (χ3v) is 4.32. The molecule has 1 heterocycles. The summed E-state index contributed by atoms with van der Waals surface area (Å²) >= 11 is 1.36. The Morgan fingerprint density at radius 1 is 1.53 bits per heavy atom. The van der Waals surface area contributed by atoms with Crippen LogP contribution in [0.3, 0.4) is 0 Å². The zero-order valence-electron chi connectivity index (χ0n) is 10.9. The number of aliphatic hydroxyl groups excluding tert-OH is 1. The van der Waals surface area contributed by atoms with Crippen molar-refractivity contribution in [1.29, 1.82) is 0 Å². The maximum atomic E-state index is 13.2. The largest absolute Gasteiger partial charge is 0.396 e. The van der Waals surface area contributed by atoms with Crippen molar-refractivity contribution < 1.29 is 14.3 Å². The monoisotopic (exact) mass is 281 g/mol. The molecule has 5 heteroatoms. The number of halogens is 1. The molecular formula is C14H16FNO2S. The first-order valence-corrected chi connectivity index (χ1v) is 6.95. The zero-order valence-corrected chi connectivity index (χ0v) is 11.7. The molecule has 0 aliphatic heterocycles. The number of amides is 1. The van der Waals surface area contributed by atoms with E-state index < -0.39 is 0 Å². The highest BCUT2D eigenvalue weighted by Gasteiger charge is 2.17. The van der Waals surface area contributed by atoms with Crippen LogP contribution in [0.2, 0.25) is 0 Å². The molecule has 2 N–H and O–H groups in total. The lowest BCUT2D eigenvalue weighted by Gasteiger charge is -2.11. The molecular weight excluding hydrogens is 265 g/mol. The molecule has 1 unspecified atom stereocenters. The van der Waals surface area contributed by atoms with Gasteiger partial charge in [-0.25, -0.2) is 4.39 Å². The summed E-state index contributed by atoms with van der Waals surface area (Å²) in [7, 11) is 0. The lowest BCUT2D eigenvalue weighted by Crippen LogP contribution is -2.32. The molecule has 19 heavy (non-hydrogen) atoms. The molecule has 1 aromatic carbocycles. The fourth-order valence-electron chi connectivity index (χ4n) is 1.96. The first kappa shape index (κ1) is 14.0. The van der Waals surface area contributed by atoms with Gasteiger partial charge in [-0.15, -0.1) is 11.3 Å². The average Bonchev–Trinajstić information content (AvgIpc) is 2.67. The van der Waals surface area contributed by atoms with E-state index in [1.54, 1.807) is 6.07 Å². The third-order valence-electron chi connectivity index (χ3n) is 3.04. The number of hydrogen-bond acceptors (Lipinski definition) is 3. The van der Waals surface area contributed by atoms with E-state index in [2.05, 4.69) is 5.32 Å². The van der Waals surface area contributed by atoms with Gasteiger partial charge in [0, 0.05) is 17.3 Å². The van der Waals surface area contributed by atoms with E-state index in [4.69, 9.17) is 5.11 Å². The van der Waals surface area contributed by atoms with Gasteiger partial charge in [0.1, 0.15) is 5.82 Å². The van der Waals surface area contributed by atoms with Crippen molar-refractivity contribution >= 4 is 27.3 Å². The topological polar surface area (TPSA) is 49.3 Å². The van der Waals surface area contributed by atoms with Crippen molar-refractivity contribution in [1.82, 2.24) is 5.32 Å². The van der Waals surface area contributed by atoms with Crippen LogP contribution in [0, 0.1) is 12.7 Å². The number of carbonyl (C=O) groups is 1. The molecule has 0 saturated carbocycles. The number of rotatable bonds is 4. The van der Waals surface area contributed by atoms with E-state index in [1.165, 1.54) is 23.5 Å². The number of benzene rings is 1. The van der Waals surface area contributed by atoms with E-state index in [-0.39, 0.29) is 24.4 Å². The SMILES string of the molecule is Cc1c(C(=O)NC(C)CCO)sc2ccc(F)cc12. The van der Waals surface area contributed by atoms with Crippen LogP contribution in [0.4, 0.5) is 4.39 Å². The molecule has 0 fully saturated rings. The van der Waals surface area contributed by atoms with E-state index in [1.807, 2.05) is 13.8 Å². The third kappa shape index (κ3) is 2.93. The smallest absolute Gasteiger partial charge is 0.261 e. The van der Waals surface area contributed by atoms with Crippen LogP contribution in [0.25, 0.3) is 10.1 Å². The average molecular weight is 281 g/mol. The van der Waals surface area contributed by atoms with Gasteiger partial charge in [0.25, 0.3) is 5.91 Å². The van der Waals surface area contributed by atoms with E-state index >= 15 is 0 Å². The molecule has 0 radical (unpaired) electrons. The Morgan fingerprint density at radius 3 is 2.95 bits per heavy atom. The van der Waals surface area contributed by atoms with Crippen LogP contribution in [-0.2, 0) is 0 Å². The predicted octanol–water partition coefficient (Wildman–Crippen LogP) is 2.85. The van der Waals surface area contributed by atoms with Gasteiger partial charge >= 0.3 is 0 Å². The number of thiophene rings is 1. The van der Waals surface area contributed by atoms with Gasteiger partial charge in [-0.05, 0) is 49.4 Å². The van der Waals surface area contributed by atoms with Crippen molar-refractivity contribution in [3.63, 3.8) is 0 Å². The van der Waals surface area contributed by atoms with Crippen molar-refractivity contribution in [3.8, 4) is 0 Å². The summed E-state index contributed by atoms with van der Waals surface area (Å²) in [5.41, 5.74) is 0.799. The molecule has 2 rings (SSSR count). The van der Waals surface area contributed by atoms with Gasteiger partial charge in [-0.2, -0.15) is 0 Å². The molecule has 1 aromatic heterocycles. The van der Waals surface area contributed by atoms with Gasteiger partial charge in [-0.3, -0.25) is 4.79 Å². The van der Waals surface area contributed by atoms with Crippen molar-refractivity contribution in [2.45, 2.75) is 26.3 Å². The molecule has 0 aliphatic rings. The summed E-state index contributed by atoms with van der Waals surface area (Å²) in [5, 5.41) is 12.4. The molecule has 0 saturated heterocycles. The van der Waals surface area contributed by atoms with E-state index in [9.17, 15) is 9.18 Å². The molecule has 0 bridgehead atoms. The second kappa shape index (κ2) is 5.67. The fraction of sp³-hybridized carbons (Fsp3) is 0.357. The van der Waals surface area contributed by atoms with Gasteiger partial charge in [0.2, 0.25) is 0 Å². The van der Waals surface area contributed by atoms with Crippen molar-refractivity contribution in [2.75, 3.05) is 6.61 Å². The van der Waals surface area contributed by atoms with Crippen LogP contribution >= 0.6 is 11.3 Å². The number of carbonyl (C=O) groups excluding carboxylic acids is 1. The van der Waals surface area contributed by atoms with Gasteiger partial charge in [0.05, 0.1) is 4.88 Å². The lowest BCUT2D eigenvalue weighted by molar-refractivity contribution is 0.0938. The van der Waals surface area contributed by atoms with Crippen LogP contribution in [0.5, 0.6) is 0 Å². The van der Waals surface area contributed by atoms with Crippen LogP contribution in [0.15, 0.2) is 18.2 Å². The van der Waals surface area contributed by atoms with Gasteiger partial charge in [0.15, 0.2) is 0 Å². The van der Waals surface area contributed by atoms with Gasteiger partial charge in [-0.1, -0.05) is 0 Å². The first-order chi connectivity index (χ1) is 9.02. The number of aryl methyl sites for hydroxylation is 1. The minimum absolute atomic E-state index is 0.0397. The van der Waals surface area contributed by atoms with E-state index in [0.29, 0.717) is 11.3 Å². The second-order valence-electron chi connectivity index (χ2n) is 4.58. The highest BCUT2D eigenvalue weighted by atomic mass is 32.1. The maximum Gasteiger partial charge on any atom is 0.261 e. The highest BCUT2D eigenvalue weighted by Crippen LogP contribution is 2.31. The van der Waals surface area contributed by atoms with Crippen LogP contribution < -0.4 is 5.32 Å². The first-order valence-electron chi connectivity index (χ1n) is 6.13. The molecule has 2 aromatic rings. The van der Waals surface area contributed by atoms with Gasteiger partial charge < -0.3 is 10.4 Å². The molecule has 1 amide bonds. The molecule has 0 aliphatic carbocycles. The Bertz CT molecular complexity index is 609. The summed E-state index contributed by atoms with van der Waals surface area (Å²) in [6, 6.07) is 4.46. The molecule has 1 atom stereocenters. The number of nitrogens with one attached hydrogen (secondary N) is 1. The van der Waals surface area contributed by atoms with Crippen LogP contribution in [0.1, 0.15) is 28.6 Å². The lowest BCUT2D eigenvalue weighted by atomic mass is 10.1. The summed E-state index contributed by atoms with van der Waals surface area (Å²) < 4.78 is 14.1. The zero-order chi connectivity index (χ0) is 14.0. The van der Waals surface area contributed by atoms with E-state index in [0.717, 1.165) is 15.6 Å². The minimum atomic E-state index is -0.297. The Hall–Kier alpha value is -1.46. The summed E-state index contributed by atoms with van der Waals surface area (Å²) in [6.45, 7) is 3.71.